The molecule has 0 unspecified atom stereocenters. The minimum atomic E-state index is -3.79. The van der Waals surface area contributed by atoms with E-state index in [-0.39, 0.29) is 22.1 Å². The SMILES string of the molecule is O=C(Cc1csc(NS(=O)(=O)c2ccccc2)n1)Nc1c(F)cccc1F. The predicted octanol–water partition coefficient (Wildman–Crippen LogP) is 3.40. The van der Waals surface area contributed by atoms with Crippen LogP contribution in [0.3, 0.4) is 0 Å². The minimum Gasteiger partial charge on any atom is -0.321 e. The summed E-state index contributed by atoms with van der Waals surface area (Å²) in [6.45, 7) is 0. The van der Waals surface area contributed by atoms with Gasteiger partial charge in [-0.05, 0) is 24.3 Å². The van der Waals surface area contributed by atoms with Gasteiger partial charge in [-0.25, -0.2) is 22.2 Å². The second kappa shape index (κ2) is 7.80. The monoisotopic (exact) mass is 409 g/mol. The summed E-state index contributed by atoms with van der Waals surface area (Å²) in [5, 5.41) is 3.72. The number of thiazole rings is 1. The third-order valence-electron chi connectivity index (χ3n) is 3.40. The van der Waals surface area contributed by atoms with Gasteiger partial charge < -0.3 is 5.32 Å². The summed E-state index contributed by atoms with van der Waals surface area (Å²) in [4.78, 5) is 16.1. The fraction of sp³-hybridized carbons (Fsp3) is 0.0588. The third-order valence-corrected chi connectivity index (χ3v) is 5.69. The van der Waals surface area contributed by atoms with E-state index in [1.807, 2.05) is 0 Å². The van der Waals surface area contributed by atoms with E-state index >= 15 is 0 Å². The zero-order valence-corrected chi connectivity index (χ0v) is 15.3. The molecule has 10 heteroatoms. The number of benzene rings is 2. The molecule has 0 fully saturated rings. The summed E-state index contributed by atoms with van der Waals surface area (Å²) in [6.07, 6.45) is -0.267. The molecule has 0 aliphatic rings. The first kappa shape index (κ1) is 18.9. The van der Waals surface area contributed by atoms with Gasteiger partial charge in [0.2, 0.25) is 5.91 Å². The fourth-order valence-electron chi connectivity index (χ4n) is 2.17. The zero-order chi connectivity index (χ0) is 19.4. The first-order chi connectivity index (χ1) is 12.8. The van der Waals surface area contributed by atoms with Gasteiger partial charge in [-0.15, -0.1) is 11.3 Å². The molecule has 6 nitrogen and oxygen atoms in total. The molecule has 0 bridgehead atoms. The topological polar surface area (TPSA) is 88.2 Å². The van der Waals surface area contributed by atoms with Crippen LogP contribution in [-0.4, -0.2) is 19.3 Å². The molecule has 1 aromatic heterocycles. The van der Waals surface area contributed by atoms with Crippen LogP contribution in [0, 0.1) is 11.6 Å². The molecule has 0 aliphatic heterocycles. The van der Waals surface area contributed by atoms with Crippen molar-refractivity contribution in [2.45, 2.75) is 11.3 Å². The molecule has 27 heavy (non-hydrogen) atoms. The largest absolute Gasteiger partial charge is 0.321 e. The van der Waals surface area contributed by atoms with Crippen molar-refractivity contribution in [3.05, 3.63) is 71.2 Å². The van der Waals surface area contributed by atoms with E-state index in [1.54, 1.807) is 18.2 Å². The number of hydrogen-bond acceptors (Lipinski definition) is 5. The van der Waals surface area contributed by atoms with Crippen LogP contribution in [0.25, 0.3) is 0 Å². The van der Waals surface area contributed by atoms with Crippen molar-refractivity contribution in [2.24, 2.45) is 0 Å². The van der Waals surface area contributed by atoms with E-state index in [0.29, 0.717) is 0 Å². The average Bonchev–Trinajstić information content (AvgIpc) is 3.05. The number of anilines is 2. The molecule has 0 aliphatic carbocycles. The van der Waals surface area contributed by atoms with E-state index in [9.17, 15) is 22.0 Å². The molecular formula is C17H13F2N3O3S2. The Morgan fingerprint density at radius 1 is 1.04 bits per heavy atom. The number of nitrogens with one attached hydrogen (secondary N) is 2. The number of aromatic nitrogens is 1. The molecule has 2 aromatic carbocycles. The van der Waals surface area contributed by atoms with Crippen LogP contribution in [0.15, 0.2) is 58.8 Å². The molecule has 1 amide bonds. The van der Waals surface area contributed by atoms with E-state index in [1.165, 1.54) is 23.6 Å². The number of carbonyl (C=O) groups excluding carboxylic acids is 1. The average molecular weight is 409 g/mol. The van der Waals surface area contributed by atoms with Crippen molar-refractivity contribution >= 4 is 38.1 Å². The van der Waals surface area contributed by atoms with Crippen LogP contribution in [-0.2, 0) is 21.2 Å². The highest BCUT2D eigenvalue weighted by Gasteiger charge is 2.17. The fourth-order valence-corrected chi connectivity index (χ4v) is 4.16. The number of halogens is 2. The molecule has 0 atom stereocenters. The normalized spacial score (nSPS) is 11.2. The van der Waals surface area contributed by atoms with Crippen LogP contribution in [0.4, 0.5) is 19.6 Å². The number of amides is 1. The maximum absolute atomic E-state index is 13.6. The molecule has 2 N–H and O–H groups in total. The van der Waals surface area contributed by atoms with Crippen molar-refractivity contribution in [1.82, 2.24) is 4.98 Å². The van der Waals surface area contributed by atoms with Crippen molar-refractivity contribution < 1.29 is 22.0 Å². The van der Waals surface area contributed by atoms with Gasteiger partial charge in [-0.2, -0.15) is 0 Å². The van der Waals surface area contributed by atoms with Crippen LogP contribution >= 0.6 is 11.3 Å². The predicted molar refractivity (Wildman–Crippen MR) is 98.1 cm³/mol. The van der Waals surface area contributed by atoms with Gasteiger partial charge in [0.25, 0.3) is 10.0 Å². The Balaban J connectivity index is 1.67. The summed E-state index contributed by atoms with van der Waals surface area (Å²) in [6, 6.07) is 11.0. The van der Waals surface area contributed by atoms with Gasteiger partial charge in [-0.1, -0.05) is 24.3 Å². The Morgan fingerprint density at radius 3 is 2.37 bits per heavy atom. The number of hydrogen-bond donors (Lipinski definition) is 2. The van der Waals surface area contributed by atoms with Gasteiger partial charge in [0.1, 0.15) is 17.3 Å². The highest BCUT2D eigenvalue weighted by Crippen LogP contribution is 2.22. The first-order valence-corrected chi connectivity index (χ1v) is 9.97. The summed E-state index contributed by atoms with van der Waals surface area (Å²) >= 11 is 0.996. The van der Waals surface area contributed by atoms with Crippen LogP contribution in [0.1, 0.15) is 5.69 Å². The summed E-state index contributed by atoms with van der Waals surface area (Å²) in [5.41, 5.74) is -0.275. The van der Waals surface area contributed by atoms with Crippen LogP contribution in [0.2, 0.25) is 0 Å². The summed E-state index contributed by atoms with van der Waals surface area (Å²) in [7, 11) is -3.79. The van der Waals surface area contributed by atoms with Crippen molar-refractivity contribution in [3.8, 4) is 0 Å². The molecule has 1 heterocycles. The first-order valence-electron chi connectivity index (χ1n) is 7.61. The lowest BCUT2D eigenvalue weighted by Crippen LogP contribution is -2.17. The Labute approximate surface area is 157 Å². The van der Waals surface area contributed by atoms with E-state index in [4.69, 9.17) is 0 Å². The number of carbonyl (C=O) groups is 1. The Hall–Kier alpha value is -2.85. The molecule has 140 valence electrons. The number of rotatable bonds is 6. The zero-order valence-electron chi connectivity index (χ0n) is 13.6. The lowest BCUT2D eigenvalue weighted by atomic mass is 10.2. The lowest BCUT2D eigenvalue weighted by Gasteiger charge is -2.06. The van der Waals surface area contributed by atoms with Gasteiger partial charge in [-0.3, -0.25) is 9.52 Å². The van der Waals surface area contributed by atoms with Gasteiger partial charge in [0.15, 0.2) is 5.13 Å². The number of para-hydroxylation sites is 1. The smallest absolute Gasteiger partial charge is 0.263 e. The quantitative estimate of drug-likeness (QED) is 0.653. The molecular weight excluding hydrogens is 396 g/mol. The molecule has 3 aromatic rings. The Morgan fingerprint density at radius 2 is 1.70 bits per heavy atom. The number of sulfonamides is 1. The standard InChI is InChI=1S/C17H13F2N3O3S2/c18-13-7-4-8-14(19)16(13)21-15(23)9-11-10-26-17(20-11)22-27(24,25)12-5-2-1-3-6-12/h1-8,10H,9H2,(H,20,22)(H,21,23). The maximum atomic E-state index is 13.6. The second-order valence-corrected chi connectivity index (χ2v) is 7.92. The van der Waals surface area contributed by atoms with E-state index < -0.39 is 33.3 Å². The number of nitrogens with zero attached hydrogens (tertiary/aromatic N) is 1. The summed E-state index contributed by atoms with van der Waals surface area (Å²) < 4.78 is 53.9. The van der Waals surface area contributed by atoms with Gasteiger partial charge in [0, 0.05) is 5.38 Å². The van der Waals surface area contributed by atoms with Gasteiger partial charge in [0.05, 0.1) is 17.0 Å². The lowest BCUT2D eigenvalue weighted by molar-refractivity contribution is -0.115. The van der Waals surface area contributed by atoms with Gasteiger partial charge >= 0.3 is 0 Å². The third kappa shape index (κ3) is 4.66. The Kier molecular flexibility index (Phi) is 5.47. The van der Waals surface area contributed by atoms with Crippen molar-refractivity contribution in [3.63, 3.8) is 0 Å². The van der Waals surface area contributed by atoms with Crippen LogP contribution < -0.4 is 10.0 Å². The second-order valence-electron chi connectivity index (χ2n) is 5.38. The highest BCUT2D eigenvalue weighted by molar-refractivity contribution is 7.93. The van der Waals surface area contributed by atoms with Crippen molar-refractivity contribution in [2.75, 3.05) is 10.0 Å². The molecule has 3 rings (SSSR count). The van der Waals surface area contributed by atoms with E-state index in [2.05, 4.69) is 15.0 Å². The Bertz CT molecular complexity index is 1050. The van der Waals surface area contributed by atoms with E-state index in [0.717, 1.165) is 23.5 Å². The minimum absolute atomic E-state index is 0.0783. The van der Waals surface area contributed by atoms with Crippen LogP contribution in [0.5, 0.6) is 0 Å². The maximum Gasteiger partial charge on any atom is 0.263 e. The molecule has 0 spiro atoms. The molecule has 0 radical (unpaired) electrons. The molecule has 0 saturated heterocycles. The highest BCUT2D eigenvalue weighted by atomic mass is 32.2. The summed E-state index contributed by atoms with van der Waals surface area (Å²) in [5.74, 6) is -2.46. The molecule has 0 saturated carbocycles. The van der Waals surface area contributed by atoms with Crippen molar-refractivity contribution in [1.29, 1.82) is 0 Å².